The Morgan fingerprint density at radius 3 is 2.39 bits per heavy atom. The minimum absolute atomic E-state index is 0.299. The standard InChI is InChI=1S/C16H17ClN2O2S2/c1-11-3-8-15(14(17)9-11)19-16(22)18-10-12-4-6-13(7-5-12)23(2,20)21/h3-9H,10H2,1-2H3,(H2,18,19,22). The fourth-order valence-corrected chi connectivity index (χ4v) is 3.02. The van der Waals surface area contributed by atoms with Crippen molar-refractivity contribution in [3.63, 3.8) is 0 Å². The molecule has 0 heterocycles. The summed E-state index contributed by atoms with van der Waals surface area (Å²) in [6, 6.07) is 12.3. The van der Waals surface area contributed by atoms with Crippen LogP contribution in [0.15, 0.2) is 47.4 Å². The van der Waals surface area contributed by atoms with Crippen molar-refractivity contribution in [1.29, 1.82) is 0 Å². The second kappa shape index (κ2) is 7.29. The minimum atomic E-state index is -3.17. The van der Waals surface area contributed by atoms with E-state index in [2.05, 4.69) is 10.6 Å². The van der Waals surface area contributed by atoms with Crippen molar-refractivity contribution in [1.82, 2.24) is 5.32 Å². The van der Waals surface area contributed by atoms with Gasteiger partial charge < -0.3 is 10.6 Å². The number of hydrogen-bond donors (Lipinski definition) is 2. The summed E-state index contributed by atoms with van der Waals surface area (Å²) in [5, 5.41) is 7.15. The molecule has 0 aliphatic carbocycles. The van der Waals surface area contributed by atoms with Crippen molar-refractivity contribution < 1.29 is 8.42 Å². The van der Waals surface area contributed by atoms with Crippen LogP contribution in [-0.4, -0.2) is 19.8 Å². The van der Waals surface area contributed by atoms with Gasteiger partial charge in [-0.05, 0) is 54.5 Å². The zero-order valence-electron chi connectivity index (χ0n) is 12.8. The van der Waals surface area contributed by atoms with Crippen LogP contribution in [0.3, 0.4) is 0 Å². The summed E-state index contributed by atoms with van der Waals surface area (Å²) in [5.74, 6) is 0. The van der Waals surface area contributed by atoms with Gasteiger partial charge in [-0.3, -0.25) is 0 Å². The molecule has 2 aromatic rings. The Kier molecular flexibility index (Phi) is 5.62. The van der Waals surface area contributed by atoms with Crippen LogP contribution in [0.25, 0.3) is 0 Å². The quantitative estimate of drug-likeness (QED) is 0.808. The number of thiocarbonyl (C=S) groups is 1. The first-order valence-corrected chi connectivity index (χ1v) is 9.53. The second-order valence-corrected chi connectivity index (χ2v) is 8.04. The molecule has 0 atom stereocenters. The normalized spacial score (nSPS) is 11.1. The number of aryl methyl sites for hydroxylation is 1. The first-order chi connectivity index (χ1) is 10.8. The molecule has 4 nitrogen and oxygen atoms in total. The smallest absolute Gasteiger partial charge is 0.175 e. The average Bonchev–Trinajstić information content (AvgIpc) is 2.47. The van der Waals surface area contributed by atoms with Gasteiger partial charge in [0, 0.05) is 12.8 Å². The van der Waals surface area contributed by atoms with E-state index in [9.17, 15) is 8.42 Å². The highest BCUT2D eigenvalue weighted by Gasteiger charge is 2.07. The van der Waals surface area contributed by atoms with Gasteiger partial charge in [-0.2, -0.15) is 0 Å². The molecule has 2 N–H and O–H groups in total. The van der Waals surface area contributed by atoms with E-state index in [1.807, 2.05) is 25.1 Å². The molecule has 0 radical (unpaired) electrons. The van der Waals surface area contributed by atoms with Crippen LogP contribution >= 0.6 is 23.8 Å². The molecule has 0 fully saturated rings. The molecule has 122 valence electrons. The van der Waals surface area contributed by atoms with Crippen LogP contribution in [0.4, 0.5) is 5.69 Å². The van der Waals surface area contributed by atoms with Crippen LogP contribution in [0.2, 0.25) is 5.02 Å². The van der Waals surface area contributed by atoms with Gasteiger partial charge in [-0.1, -0.05) is 29.8 Å². The summed E-state index contributed by atoms with van der Waals surface area (Å²) < 4.78 is 22.8. The number of hydrogen-bond acceptors (Lipinski definition) is 3. The number of rotatable bonds is 4. The van der Waals surface area contributed by atoms with Gasteiger partial charge in [-0.25, -0.2) is 8.42 Å². The van der Waals surface area contributed by atoms with Gasteiger partial charge in [0.2, 0.25) is 0 Å². The maximum Gasteiger partial charge on any atom is 0.175 e. The molecule has 0 aliphatic heterocycles. The third-order valence-corrected chi connectivity index (χ3v) is 4.86. The minimum Gasteiger partial charge on any atom is -0.358 e. The molecule has 0 spiro atoms. The van der Waals surface area contributed by atoms with Crippen molar-refractivity contribution in [2.75, 3.05) is 11.6 Å². The molecule has 2 aromatic carbocycles. The van der Waals surface area contributed by atoms with E-state index in [4.69, 9.17) is 23.8 Å². The van der Waals surface area contributed by atoms with Gasteiger partial charge in [0.1, 0.15) is 0 Å². The molecule has 0 aliphatic rings. The molecule has 0 saturated carbocycles. The van der Waals surface area contributed by atoms with E-state index < -0.39 is 9.84 Å². The Hall–Kier alpha value is -1.63. The lowest BCUT2D eigenvalue weighted by atomic mass is 10.2. The Morgan fingerprint density at radius 1 is 1.17 bits per heavy atom. The lowest BCUT2D eigenvalue weighted by Gasteiger charge is -2.12. The summed E-state index contributed by atoms with van der Waals surface area (Å²) in [4.78, 5) is 0.299. The van der Waals surface area contributed by atoms with Crippen LogP contribution in [0.5, 0.6) is 0 Å². The predicted octanol–water partition coefficient (Wildman–Crippen LogP) is 3.54. The fourth-order valence-electron chi connectivity index (χ4n) is 1.92. The average molecular weight is 369 g/mol. The first kappa shape index (κ1) is 17.7. The highest BCUT2D eigenvalue weighted by molar-refractivity contribution is 7.90. The SMILES string of the molecule is Cc1ccc(NC(=S)NCc2ccc(S(C)(=O)=O)cc2)c(Cl)c1. The molecule has 23 heavy (non-hydrogen) atoms. The molecule has 7 heteroatoms. The molecular formula is C16H17ClN2O2S2. The molecule has 0 aromatic heterocycles. The molecule has 0 unspecified atom stereocenters. The van der Waals surface area contributed by atoms with E-state index in [0.29, 0.717) is 21.6 Å². The summed E-state index contributed by atoms with van der Waals surface area (Å²) in [6.07, 6.45) is 1.19. The molecule has 0 amide bonds. The van der Waals surface area contributed by atoms with Crippen molar-refractivity contribution in [2.45, 2.75) is 18.4 Å². The Bertz CT molecular complexity index is 818. The largest absolute Gasteiger partial charge is 0.358 e. The lowest BCUT2D eigenvalue weighted by Crippen LogP contribution is -2.28. The number of halogens is 1. The summed E-state index contributed by atoms with van der Waals surface area (Å²) in [5.41, 5.74) is 2.74. The zero-order valence-corrected chi connectivity index (χ0v) is 15.1. The second-order valence-electron chi connectivity index (χ2n) is 5.21. The van der Waals surface area contributed by atoms with E-state index in [0.717, 1.165) is 16.8 Å². The number of benzene rings is 2. The molecule has 0 bridgehead atoms. The maximum atomic E-state index is 11.4. The highest BCUT2D eigenvalue weighted by Crippen LogP contribution is 2.22. The first-order valence-electron chi connectivity index (χ1n) is 6.86. The van der Waals surface area contributed by atoms with E-state index in [1.165, 1.54) is 6.26 Å². The zero-order chi connectivity index (χ0) is 17.0. The van der Waals surface area contributed by atoms with Gasteiger partial charge in [0.15, 0.2) is 14.9 Å². The third-order valence-electron chi connectivity index (χ3n) is 3.18. The summed E-state index contributed by atoms with van der Waals surface area (Å²) >= 11 is 11.4. The van der Waals surface area contributed by atoms with Gasteiger partial charge >= 0.3 is 0 Å². The van der Waals surface area contributed by atoms with E-state index >= 15 is 0 Å². The molecular weight excluding hydrogens is 352 g/mol. The van der Waals surface area contributed by atoms with Crippen molar-refractivity contribution in [3.8, 4) is 0 Å². The lowest BCUT2D eigenvalue weighted by molar-refractivity contribution is 0.602. The topological polar surface area (TPSA) is 58.2 Å². The van der Waals surface area contributed by atoms with Crippen molar-refractivity contribution in [2.24, 2.45) is 0 Å². The molecule has 2 rings (SSSR count). The van der Waals surface area contributed by atoms with Crippen molar-refractivity contribution >= 4 is 44.5 Å². The Morgan fingerprint density at radius 2 is 1.83 bits per heavy atom. The fraction of sp³-hybridized carbons (Fsp3) is 0.188. The maximum absolute atomic E-state index is 11.4. The Balaban J connectivity index is 1.94. The predicted molar refractivity (Wildman–Crippen MR) is 98.8 cm³/mol. The van der Waals surface area contributed by atoms with E-state index in [-0.39, 0.29) is 0 Å². The number of anilines is 1. The summed E-state index contributed by atoms with van der Waals surface area (Å²) in [7, 11) is -3.17. The van der Waals surface area contributed by atoms with Crippen LogP contribution in [-0.2, 0) is 16.4 Å². The number of nitrogens with one attached hydrogen (secondary N) is 2. The summed E-state index contributed by atoms with van der Waals surface area (Å²) in [6.45, 7) is 2.45. The Labute approximate surface area is 146 Å². The van der Waals surface area contributed by atoms with E-state index in [1.54, 1.807) is 24.3 Å². The van der Waals surface area contributed by atoms with Gasteiger partial charge in [-0.15, -0.1) is 0 Å². The van der Waals surface area contributed by atoms with Crippen LogP contribution < -0.4 is 10.6 Å². The van der Waals surface area contributed by atoms with Crippen LogP contribution in [0.1, 0.15) is 11.1 Å². The molecule has 0 saturated heterocycles. The third kappa shape index (κ3) is 5.20. The van der Waals surface area contributed by atoms with Gasteiger partial charge in [0.25, 0.3) is 0 Å². The number of sulfone groups is 1. The monoisotopic (exact) mass is 368 g/mol. The van der Waals surface area contributed by atoms with Crippen molar-refractivity contribution in [3.05, 3.63) is 58.6 Å². The van der Waals surface area contributed by atoms with Gasteiger partial charge in [0.05, 0.1) is 15.6 Å². The van der Waals surface area contributed by atoms with Crippen LogP contribution in [0, 0.1) is 6.92 Å². The highest BCUT2D eigenvalue weighted by atomic mass is 35.5.